The molecule has 8 nitrogen and oxygen atoms in total. The number of hydrogen-bond acceptors (Lipinski definition) is 6. The third-order valence-corrected chi connectivity index (χ3v) is 3.66. The van der Waals surface area contributed by atoms with Crippen LogP contribution in [0.5, 0.6) is 0 Å². The molecule has 1 aromatic carbocycles. The molecule has 1 aromatic rings. The van der Waals surface area contributed by atoms with Gasteiger partial charge < -0.3 is 19.7 Å². The van der Waals surface area contributed by atoms with Gasteiger partial charge >= 0.3 is 23.8 Å². The van der Waals surface area contributed by atoms with Crippen LogP contribution in [-0.2, 0) is 19.1 Å². The fourth-order valence-electron chi connectivity index (χ4n) is 2.40. The van der Waals surface area contributed by atoms with Crippen LogP contribution in [0.15, 0.2) is 18.2 Å². The third kappa shape index (κ3) is 4.81. The van der Waals surface area contributed by atoms with Gasteiger partial charge in [0.15, 0.2) is 0 Å². The van der Waals surface area contributed by atoms with Gasteiger partial charge in [0.1, 0.15) is 0 Å². The van der Waals surface area contributed by atoms with Crippen molar-refractivity contribution in [2.75, 3.05) is 26.1 Å². The second-order valence-electron chi connectivity index (χ2n) is 6.42. The molecule has 142 valence electrons. The second-order valence-corrected chi connectivity index (χ2v) is 6.42. The second kappa shape index (κ2) is 8.46. The van der Waals surface area contributed by atoms with Crippen molar-refractivity contribution in [2.45, 2.75) is 33.2 Å². The first kappa shape index (κ1) is 21.1. The molecule has 0 spiro atoms. The molecule has 0 unspecified atom stereocenters. The molecule has 0 saturated carbocycles. The molecule has 2 amide bonds. The van der Waals surface area contributed by atoms with Crippen molar-refractivity contribution in [3.05, 3.63) is 29.3 Å². The van der Waals surface area contributed by atoms with Crippen molar-refractivity contribution in [3.8, 4) is 0 Å². The summed E-state index contributed by atoms with van der Waals surface area (Å²) in [7, 11) is 2.40. The summed E-state index contributed by atoms with van der Waals surface area (Å²) in [6.07, 6.45) is 0. The Hall–Kier alpha value is -2.90. The maximum absolute atomic E-state index is 12.5. The molecule has 0 aromatic heterocycles. The minimum atomic E-state index is -0.922. The number of esters is 2. The predicted molar refractivity (Wildman–Crippen MR) is 94.9 cm³/mol. The highest BCUT2D eigenvalue weighted by molar-refractivity contribution is 6.40. The number of ether oxygens (including phenoxy) is 2. The number of nitrogens with zero attached hydrogens (tertiary/aromatic N) is 1. The smallest absolute Gasteiger partial charge is 0.339 e. The van der Waals surface area contributed by atoms with Gasteiger partial charge in [-0.05, 0) is 45.9 Å². The van der Waals surface area contributed by atoms with E-state index >= 15 is 0 Å². The van der Waals surface area contributed by atoms with Crippen molar-refractivity contribution < 1.29 is 28.7 Å². The molecule has 1 N–H and O–H groups in total. The standard InChI is InChI=1S/C18H24N2O6/c1-7-20(18(2,3)4)15(22)14(21)19-13-10-11(16(23)25-5)8-9-12(13)17(24)26-6/h8-10H,7H2,1-6H3,(H,19,21). The minimum Gasteiger partial charge on any atom is -0.465 e. The van der Waals surface area contributed by atoms with Crippen LogP contribution in [0, 0.1) is 0 Å². The Kier molecular flexibility index (Phi) is 6.88. The summed E-state index contributed by atoms with van der Waals surface area (Å²) in [6, 6.07) is 3.94. The van der Waals surface area contributed by atoms with E-state index in [1.807, 2.05) is 0 Å². The van der Waals surface area contributed by atoms with Crippen LogP contribution in [0.4, 0.5) is 5.69 Å². The van der Waals surface area contributed by atoms with Crippen molar-refractivity contribution in [3.63, 3.8) is 0 Å². The van der Waals surface area contributed by atoms with E-state index in [1.54, 1.807) is 27.7 Å². The molecular weight excluding hydrogens is 340 g/mol. The number of methoxy groups -OCH3 is 2. The average Bonchev–Trinajstić information content (AvgIpc) is 2.59. The van der Waals surface area contributed by atoms with Crippen LogP contribution >= 0.6 is 0 Å². The highest BCUT2D eigenvalue weighted by atomic mass is 16.5. The lowest BCUT2D eigenvalue weighted by Crippen LogP contribution is -2.50. The fourth-order valence-corrected chi connectivity index (χ4v) is 2.40. The fraction of sp³-hybridized carbons (Fsp3) is 0.444. The third-order valence-electron chi connectivity index (χ3n) is 3.66. The molecule has 0 aliphatic heterocycles. The van der Waals surface area contributed by atoms with Crippen LogP contribution in [-0.4, -0.2) is 55.0 Å². The Morgan fingerprint density at radius 1 is 1.04 bits per heavy atom. The van der Waals surface area contributed by atoms with Crippen LogP contribution in [0.3, 0.4) is 0 Å². The van der Waals surface area contributed by atoms with Gasteiger partial charge in [0.05, 0.1) is 31.0 Å². The summed E-state index contributed by atoms with van der Waals surface area (Å²) in [5.74, 6) is -3.03. The number of likely N-dealkylation sites (N-methyl/N-ethyl adjacent to an activating group) is 1. The van der Waals surface area contributed by atoms with E-state index in [0.29, 0.717) is 6.54 Å². The molecule has 8 heteroatoms. The first-order chi connectivity index (χ1) is 12.1. The van der Waals surface area contributed by atoms with Gasteiger partial charge in [-0.25, -0.2) is 9.59 Å². The Labute approximate surface area is 152 Å². The molecule has 0 atom stereocenters. The highest BCUT2D eigenvalue weighted by Gasteiger charge is 2.30. The van der Waals surface area contributed by atoms with Crippen LogP contribution < -0.4 is 5.32 Å². The summed E-state index contributed by atoms with van der Waals surface area (Å²) in [4.78, 5) is 49.8. The van der Waals surface area contributed by atoms with Gasteiger partial charge in [-0.3, -0.25) is 9.59 Å². The molecule has 0 bridgehead atoms. The largest absolute Gasteiger partial charge is 0.465 e. The van der Waals surface area contributed by atoms with Crippen LogP contribution in [0.1, 0.15) is 48.4 Å². The Morgan fingerprint density at radius 3 is 2.08 bits per heavy atom. The predicted octanol–water partition coefficient (Wildman–Crippen LogP) is 1.85. The number of hydrogen-bond donors (Lipinski definition) is 1. The molecule has 0 aliphatic rings. The van der Waals surface area contributed by atoms with Crippen molar-refractivity contribution >= 4 is 29.4 Å². The summed E-state index contributed by atoms with van der Waals surface area (Å²) in [5.41, 5.74) is -0.434. The lowest BCUT2D eigenvalue weighted by molar-refractivity contribution is -0.146. The molecule has 0 radical (unpaired) electrons. The van der Waals surface area contributed by atoms with Crippen LogP contribution in [0.2, 0.25) is 0 Å². The summed E-state index contributed by atoms with van der Waals surface area (Å²) < 4.78 is 9.29. The van der Waals surface area contributed by atoms with E-state index in [4.69, 9.17) is 0 Å². The van der Waals surface area contributed by atoms with Crippen LogP contribution in [0.25, 0.3) is 0 Å². The van der Waals surface area contributed by atoms with E-state index in [1.165, 1.54) is 37.3 Å². The molecule has 1 rings (SSSR count). The first-order valence-electron chi connectivity index (χ1n) is 8.00. The van der Waals surface area contributed by atoms with Gasteiger partial charge in [-0.15, -0.1) is 0 Å². The number of carbonyl (C=O) groups excluding carboxylic acids is 4. The highest BCUT2D eigenvalue weighted by Crippen LogP contribution is 2.21. The van der Waals surface area contributed by atoms with E-state index in [9.17, 15) is 19.2 Å². The lowest BCUT2D eigenvalue weighted by Gasteiger charge is -2.34. The molecular formula is C18H24N2O6. The van der Waals surface area contributed by atoms with E-state index in [-0.39, 0.29) is 16.8 Å². The summed E-state index contributed by atoms with van der Waals surface area (Å²) >= 11 is 0. The van der Waals surface area contributed by atoms with Crippen molar-refractivity contribution in [1.29, 1.82) is 0 Å². The topological polar surface area (TPSA) is 102 Å². The zero-order chi connectivity index (χ0) is 20.1. The quantitative estimate of drug-likeness (QED) is 0.646. The average molecular weight is 364 g/mol. The Bertz CT molecular complexity index is 721. The summed E-state index contributed by atoms with van der Waals surface area (Å²) in [6.45, 7) is 7.51. The first-order valence-corrected chi connectivity index (χ1v) is 8.00. The zero-order valence-corrected chi connectivity index (χ0v) is 15.8. The Morgan fingerprint density at radius 2 is 1.62 bits per heavy atom. The minimum absolute atomic E-state index is 0.0111. The number of rotatable bonds is 4. The maximum Gasteiger partial charge on any atom is 0.339 e. The van der Waals surface area contributed by atoms with E-state index in [2.05, 4.69) is 14.8 Å². The van der Waals surface area contributed by atoms with E-state index < -0.39 is 29.3 Å². The Balaban J connectivity index is 3.23. The number of benzene rings is 1. The van der Waals surface area contributed by atoms with Gasteiger partial charge in [0.25, 0.3) is 0 Å². The SMILES string of the molecule is CCN(C(=O)C(=O)Nc1cc(C(=O)OC)ccc1C(=O)OC)C(C)(C)C. The molecule has 0 fully saturated rings. The summed E-state index contributed by atoms with van der Waals surface area (Å²) in [5, 5.41) is 2.39. The molecule has 0 heterocycles. The van der Waals surface area contributed by atoms with Gasteiger partial charge in [-0.1, -0.05) is 0 Å². The monoisotopic (exact) mass is 364 g/mol. The normalized spacial score (nSPS) is 10.7. The van der Waals surface area contributed by atoms with Gasteiger partial charge in [-0.2, -0.15) is 0 Å². The van der Waals surface area contributed by atoms with Crippen molar-refractivity contribution in [1.82, 2.24) is 4.90 Å². The van der Waals surface area contributed by atoms with E-state index in [0.717, 1.165) is 0 Å². The number of nitrogens with one attached hydrogen (secondary N) is 1. The lowest BCUT2D eigenvalue weighted by atomic mass is 10.1. The molecule has 0 saturated heterocycles. The van der Waals surface area contributed by atoms with Gasteiger partial charge in [0, 0.05) is 12.1 Å². The molecule has 26 heavy (non-hydrogen) atoms. The number of anilines is 1. The van der Waals surface area contributed by atoms with Crippen molar-refractivity contribution in [2.24, 2.45) is 0 Å². The number of amides is 2. The zero-order valence-electron chi connectivity index (χ0n) is 15.8. The maximum atomic E-state index is 12.5. The molecule has 0 aliphatic carbocycles. The van der Waals surface area contributed by atoms with Gasteiger partial charge in [0.2, 0.25) is 0 Å². The number of carbonyl (C=O) groups is 4.